The molecule has 0 unspecified atom stereocenters. The Morgan fingerprint density at radius 3 is 2.18 bits per heavy atom. The zero-order valence-electron chi connectivity index (χ0n) is 20.9. The number of nitrogens with zero attached hydrogens (tertiary/aromatic N) is 1. The van der Waals surface area contributed by atoms with Gasteiger partial charge >= 0.3 is 0 Å². The average Bonchev–Trinajstić information content (AvgIpc) is 3.65. The summed E-state index contributed by atoms with van der Waals surface area (Å²) in [4.78, 5) is 0. The van der Waals surface area contributed by atoms with E-state index in [1.807, 2.05) is 11.3 Å². The molecule has 3 heteroatoms. The Balaban J connectivity index is 1.25. The van der Waals surface area contributed by atoms with E-state index in [-0.39, 0.29) is 0 Å². The molecule has 0 radical (unpaired) electrons. The van der Waals surface area contributed by atoms with Crippen LogP contribution in [0.4, 0.5) is 0 Å². The first-order valence-electron chi connectivity index (χ1n) is 13.2. The fourth-order valence-corrected chi connectivity index (χ4v) is 7.48. The van der Waals surface area contributed by atoms with Crippen molar-refractivity contribution in [3.63, 3.8) is 0 Å². The SMILES string of the molecule is c1ccc(-n2c3ccccc3c3sc4cc(-c5ccc6c(c5)oc5ccc7ccccc7c56)ccc4c32)cc1. The number of aromatic nitrogens is 1. The molecule has 3 aromatic heterocycles. The van der Waals surface area contributed by atoms with Crippen molar-refractivity contribution in [2.24, 2.45) is 0 Å². The van der Waals surface area contributed by atoms with E-state index in [0.29, 0.717) is 0 Å². The minimum absolute atomic E-state index is 0.928. The molecule has 0 aliphatic carbocycles. The maximum atomic E-state index is 6.36. The fourth-order valence-electron chi connectivity index (χ4n) is 6.22. The summed E-state index contributed by atoms with van der Waals surface area (Å²) >= 11 is 1.88. The first kappa shape index (κ1) is 21.1. The first-order valence-corrected chi connectivity index (χ1v) is 14.0. The minimum Gasteiger partial charge on any atom is -0.456 e. The van der Waals surface area contributed by atoms with Gasteiger partial charge in [0, 0.05) is 31.9 Å². The molecule has 0 amide bonds. The van der Waals surface area contributed by atoms with Crippen LogP contribution in [0.15, 0.2) is 132 Å². The highest BCUT2D eigenvalue weighted by molar-refractivity contribution is 7.26. The fraction of sp³-hybridized carbons (Fsp3) is 0. The van der Waals surface area contributed by atoms with Crippen LogP contribution < -0.4 is 0 Å². The van der Waals surface area contributed by atoms with E-state index in [0.717, 1.165) is 16.6 Å². The first-order chi connectivity index (χ1) is 19.3. The predicted molar refractivity (Wildman–Crippen MR) is 166 cm³/mol. The van der Waals surface area contributed by atoms with Crippen molar-refractivity contribution in [2.75, 3.05) is 0 Å². The van der Waals surface area contributed by atoms with E-state index in [2.05, 4.69) is 132 Å². The number of para-hydroxylation sites is 2. The van der Waals surface area contributed by atoms with E-state index in [4.69, 9.17) is 4.42 Å². The van der Waals surface area contributed by atoms with Gasteiger partial charge in [-0.3, -0.25) is 0 Å². The van der Waals surface area contributed by atoms with Gasteiger partial charge in [-0.25, -0.2) is 0 Å². The van der Waals surface area contributed by atoms with Crippen LogP contribution in [0.5, 0.6) is 0 Å². The number of rotatable bonds is 2. The van der Waals surface area contributed by atoms with Crippen LogP contribution >= 0.6 is 11.3 Å². The van der Waals surface area contributed by atoms with Gasteiger partial charge in [-0.2, -0.15) is 0 Å². The maximum absolute atomic E-state index is 6.36. The molecule has 39 heavy (non-hydrogen) atoms. The van der Waals surface area contributed by atoms with Crippen molar-refractivity contribution in [1.82, 2.24) is 4.57 Å². The van der Waals surface area contributed by atoms with Crippen LogP contribution in [-0.4, -0.2) is 4.57 Å². The Hall–Kier alpha value is -4.86. The quantitative estimate of drug-likeness (QED) is 0.224. The van der Waals surface area contributed by atoms with Gasteiger partial charge in [-0.15, -0.1) is 11.3 Å². The summed E-state index contributed by atoms with van der Waals surface area (Å²) in [5.74, 6) is 0. The average molecular weight is 516 g/mol. The van der Waals surface area contributed by atoms with Gasteiger partial charge in [0.05, 0.1) is 15.7 Å². The number of hydrogen-bond donors (Lipinski definition) is 0. The Morgan fingerprint density at radius 1 is 0.538 bits per heavy atom. The van der Waals surface area contributed by atoms with Crippen LogP contribution in [0.2, 0.25) is 0 Å². The Labute approximate surface area is 227 Å². The Morgan fingerprint density at radius 2 is 1.28 bits per heavy atom. The van der Waals surface area contributed by atoms with Crippen LogP contribution in [0.25, 0.3) is 80.7 Å². The molecule has 0 atom stereocenters. The summed E-state index contributed by atoms with van der Waals surface area (Å²) in [6, 6.07) is 45.7. The van der Waals surface area contributed by atoms with Crippen LogP contribution in [0.1, 0.15) is 0 Å². The molecule has 0 aliphatic heterocycles. The normalized spacial score (nSPS) is 12.1. The van der Waals surface area contributed by atoms with Crippen molar-refractivity contribution < 1.29 is 4.42 Å². The van der Waals surface area contributed by atoms with Crippen LogP contribution in [0.3, 0.4) is 0 Å². The molecule has 182 valence electrons. The van der Waals surface area contributed by atoms with Crippen LogP contribution in [0, 0.1) is 0 Å². The largest absolute Gasteiger partial charge is 0.456 e. The number of fused-ring (bicyclic) bond motifs is 10. The molecule has 6 aromatic carbocycles. The molecule has 0 fully saturated rings. The van der Waals surface area contributed by atoms with E-state index >= 15 is 0 Å². The van der Waals surface area contributed by atoms with Crippen molar-refractivity contribution in [1.29, 1.82) is 0 Å². The third kappa shape index (κ3) is 2.96. The third-order valence-electron chi connectivity index (χ3n) is 7.99. The summed E-state index contributed by atoms with van der Waals surface area (Å²) in [6.07, 6.45) is 0. The minimum atomic E-state index is 0.928. The molecule has 0 bridgehead atoms. The highest BCUT2D eigenvalue weighted by atomic mass is 32.1. The molecular weight excluding hydrogens is 494 g/mol. The highest BCUT2D eigenvalue weighted by Gasteiger charge is 2.18. The Bertz CT molecular complexity index is 2390. The van der Waals surface area contributed by atoms with E-state index in [1.165, 1.54) is 64.2 Å². The summed E-state index contributed by atoms with van der Waals surface area (Å²) < 4.78 is 11.4. The van der Waals surface area contributed by atoms with Crippen molar-refractivity contribution in [2.45, 2.75) is 0 Å². The van der Waals surface area contributed by atoms with E-state index in [1.54, 1.807) is 0 Å². The number of benzene rings is 6. The molecule has 0 saturated heterocycles. The predicted octanol–water partition coefficient (Wildman–Crippen LogP) is 10.7. The molecule has 2 nitrogen and oxygen atoms in total. The monoisotopic (exact) mass is 515 g/mol. The van der Waals surface area contributed by atoms with Crippen molar-refractivity contribution in [3.8, 4) is 16.8 Å². The molecule has 3 heterocycles. The standard InChI is InChI=1S/C36H21NOS/c1-2-9-25(10-3-1)37-30-13-7-6-12-27(30)36-35(37)29-18-15-24(21-33(29)39-36)23-14-17-28-32(20-23)38-31-19-16-22-8-4-5-11-26(22)34(28)31/h1-21H. The van der Waals surface area contributed by atoms with Crippen LogP contribution in [-0.2, 0) is 0 Å². The van der Waals surface area contributed by atoms with Gasteiger partial charge in [0.25, 0.3) is 0 Å². The number of thiophene rings is 1. The van der Waals surface area contributed by atoms with Gasteiger partial charge in [-0.1, -0.05) is 84.9 Å². The summed E-state index contributed by atoms with van der Waals surface area (Å²) in [5.41, 5.74) is 7.96. The zero-order valence-corrected chi connectivity index (χ0v) is 21.7. The topological polar surface area (TPSA) is 18.1 Å². The zero-order chi connectivity index (χ0) is 25.5. The maximum Gasteiger partial charge on any atom is 0.136 e. The lowest BCUT2D eigenvalue weighted by molar-refractivity contribution is 0.669. The number of furan rings is 1. The second-order valence-electron chi connectivity index (χ2n) is 10.2. The summed E-state index contributed by atoms with van der Waals surface area (Å²) in [6.45, 7) is 0. The Kier molecular flexibility index (Phi) is 4.24. The lowest BCUT2D eigenvalue weighted by Gasteiger charge is -2.08. The van der Waals surface area contributed by atoms with Gasteiger partial charge in [-0.05, 0) is 64.4 Å². The van der Waals surface area contributed by atoms with Gasteiger partial charge in [0.2, 0.25) is 0 Å². The van der Waals surface area contributed by atoms with Crippen molar-refractivity contribution in [3.05, 3.63) is 127 Å². The van der Waals surface area contributed by atoms with Gasteiger partial charge in [0.15, 0.2) is 0 Å². The molecule has 9 rings (SSSR count). The second kappa shape index (κ2) is 7.83. The lowest BCUT2D eigenvalue weighted by atomic mass is 10.0. The van der Waals surface area contributed by atoms with E-state index in [9.17, 15) is 0 Å². The van der Waals surface area contributed by atoms with Crippen molar-refractivity contribution >= 4 is 75.3 Å². The number of hydrogen-bond acceptors (Lipinski definition) is 2. The molecule has 0 spiro atoms. The molecular formula is C36H21NOS. The molecule has 0 saturated carbocycles. The smallest absolute Gasteiger partial charge is 0.136 e. The lowest BCUT2D eigenvalue weighted by Crippen LogP contribution is -1.92. The highest BCUT2D eigenvalue weighted by Crippen LogP contribution is 2.44. The summed E-state index contributed by atoms with van der Waals surface area (Å²) in [7, 11) is 0. The molecule has 0 N–H and O–H groups in total. The second-order valence-corrected chi connectivity index (χ2v) is 11.2. The van der Waals surface area contributed by atoms with Gasteiger partial charge in [0.1, 0.15) is 11.2 Å². The van der Waals surface area contributed by atoms with E-state index < -0.39 is 0 Å². The van der Waals surface area contributed by atoms with Gasteiger partial charge < -0.3 is 8.98 Å². The molecule has 0 aliphatic rings. The molecule has 9 aromatic rings. The third-order valence-corrected chi connectivity index (χ3v) is 9.16. The summed E-state index contributed by atoms with van der Waals surface area (Å²) in [5, 5.41) is 7.42.